The zero-order chi connectivity index (χ0) is 8.43. The van der Waals surface area contributed by atoms with Crippen molar-refractivity contribution in [3.05, 3.63) is 23.8 Å². The molecule has 62 valence electrons. The van der Waals surface area contributed by atoms with Gasteiger partial charge >= 0.3 is 0 Å². The molecule has 0 fully saturated rings. The lowest BCUT2D eigenvalue weighted by molar-refractivity contribution is 0.173. The van der Waals surface area contributed by atoms with Gasteiger partial charge in [0.15, 0.2) is 0 Å². The van der Waals surface area contributed by atoms with E-state index in [0.717, 1.165) is 24.0 Å². The normalized spacial score (nSPS) is 31.4. The first-order valence-corrected chi connectivity index (χ1v) is 4.15. The van der Waals surface area contributed by atoms with Gasteiger partial charge in [-0.15, -0.1) is 0 Å². The highest BCUT2D eigenvalue weighted by Crippen LogP contribution is 2.26. The first-order valence-electron chi connectivity index (χ1n) is 4.15. The zero-order valence-corrected chi connectivity index (χ0v) is 7.30. The van der Waals surface area contributed by atoms with Crippen LogP contribution in [-0.4, -0.2) is 11.2 Å². The van der Waals surface area contributed by atoms with E-state index in [1.165, 1.54) is 0 Å². The van der Waals surface area contributed by atoms with Crippen LogP contribution in [0.1, 0.15) is 26.7 Å². The van der Waals surface area contributed by atoms with Crippen LogP contribution < -0.4 is 0 Å². The third kappa shape index (κ3) is 1.93. The Morgan fingerprint density at radius 3 is 2.82 bits per heavy atom. The summed E-state index contributed by atoms with van der Waals surface area (Å²) in [5.74, 6) is 0.619. The van der Waals surface area contributed by atoms with Crippen LogP contribution in [0.3, 0.4) is 0 Å². The van der Waals surface area contributed by atoms with Crippen molar-refractivity contribution in [3.63, 3.8) is 0 Å². The molecule has 0 amide bonds. The van der Waals surface area contributed by atoms with Crippen molar-refractivity contribution in [3.8, 4) is 0 Å². The van der Waals surface area contributed by atoms with E-state index < -0.39 is 0 Å². The summed E-state index contributed by atoms with van der Waals surface area (Å²) in [6.07, 6.45) is 3.82. The van der Waals surface area contributed by atoms with E-state index in [4.69, 9.17) is 0 Å². The summed E-state index contributed by atoms with van der Waals surface area (Å²) in [6.45, 7) is 7.94. The van der Waals surface area contributed by atoms with Gasteiger partial charge in [0, 0.05) is 0 Å². The van der Waals surface area contributed by atoms with E-state index in [2.05, 4.69) is 19.6 Å². The van der Waals surface area contributed by atoms with Crippen LogP contribution in [-0.2, 0) is 0 Å². The predicted molar refractivity (Wildman–Crippen MR) is 47.3 cm³/mol. The van der Waals surface area contributed by atoms with Crippen LogP contribution in [0.2, 0.25) is 0 Å². The predicted octanol–water partition coefficient (Wildman–Crippen LogP) is 2.28. The minimum Gasteiger partial charge on any atom is -0.388 e. The molecule has 1 nitrogen and oxygen atoms in total. The fraction of sp³-hybridized carbons (Fsp3) is 0.600. The van der Waals surface area contributed by atoms with Crippen molar-refractivity contribution in [2.24, 2.45) is 5.92 Å². The third-order valence-corrected chi connectivity index (χ3v) is 2.22. The summed E-state index contributed by atoms with van der Waals surface area (Å²) >= 11 is 0. The highest BCUT2D eigenvalue weighted by Gasteiger charge is 2.19. The van der Waals surface area contributed by atoms with Crippen molar-refractivity contribution in [2.45, 2.75) is 32.8 Å². The molecule has 11 heavy (non-hydrogen) atoms. The fourth-order valence-electron chi connectivity index (χ4n) is 1.53. The molecule has 1 aliphatic carbocycles. The standard InChI is InChI=1S/C10H16O/c1-7(2)9-5-4-8(3)6-10(9)11/h5,8,10-11H,1,4,6H2,2-3H3/t8-,10-/m1/s1. The van der Waals surface area contributed by atoms with Crippen LogP contribution in [0, 0.1) is 5.92 Å². The molecule has 2 atom stereocenters. The Hall–Kier alpha value is -0.560. The molecule has 0 aromatic carbocycles. The van der Waals surface area contributed by atoms with Gasteiger partial charge in [0.05, 0.1) is 6.10 Å². The molecule has 0 spiro atoms. The lowest BCUT2D eigenvalue weighted by atomic mass is 9.86. The van der Waals surface area contributed by atoms with E-state index >= 15 is 0 Å². The Morgan fingerprint density at radius 1 is 1.73 bits per heavy atom. The number of hydrogen-bond acceptors (Lipinski definition) is 1. The molecule has 1 heteroatoms. The summed E-state index contributed by atoms with van der Waals surface area (Å²) in [6, 6.07) is 0. The van der Waals surface area contributed by atoms with E-state index in [9.17, 15) is 5.11 Å². The Bertz CT molecular complexity index is 191. The van der Waals surface area contributed by atoms with E-state index in [1.54, 1.807) is 0 Å². The maximum absolute atomic E-state index is 9.58. The SMILES string of the molecule is C=C(C)C1=CC[C@@H](C)C[C@H]1O. The summed E-state index contributed by atoms with van der Waals surface area (Å²) in [5.41, 5.74) is 2.05. The second-order valence-corrected chi connectivity index (χ2v) is 3.53. The molecule has 0 saturated heterocycles. The number of allylic oxidation sites excluding steroid dienone is 1. The van der Waals surface area contributed by atoms with Crippen LogP contribution in [0.25, 0.3) is 0 Å². The van der Waals surface area contributed by atoms with Crippen molar-refractivity contribution in [2.75, 3.05) is 0 Å². The Labute approximate surface area is 68.4 Å². The quantitative estimate of drug-likeness (QED) is 0.611. The first kappa shape index (κ1) is 8.54. The third-order valence-electron chi connectivity index (χ3n) is 2.22. The maximum Gasteiger partial charge on any atom is 0.0792 e. The molecular formula is C10H16O. The molecule has 0 unspecified atom stereocenters. The molecule has 0 heterocycles. The molecule has 0 saturated carbocycles. The van der Waals surface area contributed by atoms with Gasteiger partial charge in [0.2, 0.25) is 0 Å². The lowest BCUT2D eigenvalue weighted by Gasteiger charge is -2.24. The minimum absolute atomic E-state index is 0.267. The number of rotatable bonds is 1. The zero-order valence-electron chi connectivity index (χ0n) is 7.30. The summed E-state index contributed by atoms with van der Waals surface area (Å²) in [4.78, 5) is 0. The summed E-state index contributed by atoms with van der Waals surface area (Å²) in [5, 5.41) is 9.58. The number of hydrogen-bond donors (Lipinski definition) is 1. The molecule has 1 rings (SSSR count). The second kappa shape index (κ2) is 3.22. The van der Waals surface area contributed by atoms with Gasteiger partial charge in [0.25, 0.3) is 0 Å². The lowest BCUT2D eigenvalue weighted by Crippen LogP contribution is -2.19. The number of aliphatic hydroxyl groups excluding tert-OH is 1. The Kier molecular flexibility index (Phi) is 2.50. The van der Waals surface area contributed by atoms with E-state index in [0.29, 0.717) is 5.92 Å². The average molecular weight is 152 g/mol. The van der Waals surface area contributed by atoms with E-state index in [-0.39, 0.29) is 6.10 Å². The molecular weight excluding hydrogens is 136 g/mol. The van der Waals surface area contributed by atoms with E-state index in [1.807, 2.05) is 6.92 Å². The van der Waals surface area contributed by atoms with Crippen molar-refractivity contribution in [1.82, 2.24) is 0 Å². The molecule has 1 N–H and O–H groups in total. The van der Waals surface area contributed by atoms with Crippen molar-refractivity contribution < 1.29 is 5.11 Å². The Balaban J connectivity index is 2.72. The van der Waals surface area contributed by atoms with Crippen molar-refractivity contribution in [1.29, 1.82) is 0 Å². The van der Waals surface area contributed by atoms with Gasteiger partial charge in [-0.05, 0) is 31.3 Å². The van der Waals surface area contributed by atoms with Gasteiger partial charge in [0.1, 0.15) is 0 Å². The first-order chi connectivity index (χ1) is 5.11. The molecule has 0 aliphatic heterocycles. The monoisotopic (exact) mass is 152 g/mol. The van der Waals surface area contributed by atoms with Gasteiger partial charge in [-0.25, -0.2) is 0 Å². The van der Waals surface area contributed by atoms with Gasteiger partial charge in [-0.1, -0.05) is 25.2 Å². The van der Waals surface area contributed by atoms with Gasteiger partial charge in [-0.3, -0.25) is 0 Å². The fourth-order valence-corrected chi connectivity index (χ4v) is 1.53. The smallest absolute Gasteiger partial charge is 0.0792 e. The molecule has 1 aliphatic rings. The topological polar surface area (TPSA) is 20.2 Å². The molecule has 0 radical (unpaired) electrons. The number of aliphatic hydroxyl groups is 1. The van der Waals surface area contributed by atoms with Crippen LogP contribution in [0.4, 0.5) is 0 Å². The maximum atomic E-state index is 9.58. The van der Waals surface area contributed by atoms with Crippen LogP contribution in [0.5, 0.6) is 0 Å². The molecule has 0 aromatic rings. The molecule has 0 aromatic heterocycles. The molecule has 0 bridgehead atoms. The highest BCUT2D eigenvalue weighted by molar-refractivity contribution is 5.31. The van der Waals surface area contributed by atoms with Crippen LogP contribution in [0.15, 0.2) is 23.8 Å². The van der Waals surface area contributed by atoms with Gasteiger partial charge in [-0.2, -0.15) is 0 Å². The van der Waals surface area contributed by atoms with Gasteiger partial charge < -0.3 is 5.11 Å². The Morgan fingerprint density at radius 2 is 2.36 bits per heavy atom. The minimum atomic E-state index is -0.267. The van der Waals surface area contributed by atoms with Crippen LogP contribution >= 0.6 is 0 Å². The van der Waals surface area contributed by atoms with Crippen molar-refractivity contribution >= 4 is 0 Å². The largest absolute Gasteiger partial charge is 0.388 e. The summed E-state index contributed by atoms with van der Waals surface area (Å²) < 4.78 is 0. The summed E-state index contributed by atoms with van der Waals surface area (Å²) in [7, 11) is 0. The average Bonchev–Trinajstić information content (AvgIpc) is 1.85. The highest BCUT2D eigenvalue weighted by atomic mass is 16.3. The second-order valence-electron chi connectivity index (χ2n) is 3.53.